The van der Waals surface area contributed by atoms with Crippen molar-refractivity contribution >= 4 is 23.4 Å². The molecule has 0 unspecified atom stereocenters. The number of amides is 1. The van der Waals surface area contributed by atoms with Crippen molar-refractivity contribution < 1.29 is 19.4 Å². The second-order valence-electron chi connectivity index (χ2n) is 6.99. The minimum absolute atomic E-state index is 0.159. The number of nitrogens with zero attached hydrogens (tertiary/aromatic N) is 1. The number of methoxy groups -OCH3 is 1. The molecule has 0 saturated heterocycles. The molecule has 0 fully saturated rings. The topological polar surface area (TPSA) is 66.8 Å². The maximum absolute atomic E-state index is 13.0. The maximum atomic E-state index is 13.0. The molecule has 2 aromatic carbocycles. The average molecular weight is 407 g/mol. The van der Waals surface area contributed by atoms with Gasteiger partial charge in [0.1, 0.15) is 0 Å². The van der Waals surface area contributed by atoms with Crippen LogP contribution in [0, 0.1) is 0 Å². The molecule has 6 heteroatoms. The molecule has 1 N–H and O–H groups in total. The van der Waals surface area contributed by atoms with E-state index in [0.717, 1.165) is 27.1 Å². The molecule has 0 bridgehead atoms. The predicted molar refractivity (Wildman–Crippen MR) is 112 cm³/mol. The van der Waals surface area contributed by atoms with Gasteiger partial charge in [-0.05, 0) is 33.7 Å². The first kappa shape index (κ1) is 19.2. The van der Waals surface area contributed by atoms with Gasteiger partial charge in [0, 0.05) is 11.3 Å². The summed E-state index contributed by atoms with van der Waals surface area (Å²) in [6.45, 7) is 0. The zero-order valence-electron chi connectivity index (χ0n) is 15.9. The van der Waals surface area contributed by atoms with Crippen molar-refractivity contribution in [3.05, 3.63) is 82.0 Å². The van der Waals surface area contributed by atoms with E-state index in [1.54, 1.807) is 16.2 Å². The van der Waals surface area contributed by atoms with Crippen molar-refractivity contribution in [2.24, 2.45) is 0 Å². The summed E-state index contributed by atoms with van der Waals surface area (Å²) in [5, 5.41) is 11.5. The average Bonchev–Trinajstić information content (AvgIpc) is 3.34. The van der Waals surface area contributed by atoms with Gasteiger partial charge < -0.3 is 9.84 Å². The first-order chi connectivity index (χ1) is 14.1. The molecule has 0 spiro atoms. The third-order valence-electron chi connectivity index (χ3n) is 5.29. The van der Waals surface area contributed by atoms with Crippen LogP contribution in [0.15, 0.2) is 66.0 Å². The summed E-state index contributed by atoms with van der Waals surface area (Å²) in [7, 11) is 1.34. The van der Waals surface area contributed by atoms with Crippen molar-refractivity contribution in [3.8, 4) is 11.1 Å². The van der Waals surface area contributed by atoms with Crippen LogP contribution in [0.25, 0.3) is 11.1 Å². The quantitative estimate of drug-likeness (QED) is 0.626. The van der Waals surface area contributed by atoms with E-state index in [4.69, 9.17) is 4.74 Å². The normalized spacial score (nSPS) is 13.4. The van der Waals surface area contributed by atoms with E-state index in [-0.39, 0.29) is 12.5 Å². The van der Waals surface area contributed by atoms with Crippen LogP contribution in [0.5, 0.6) is 0 Å². The fourth-order valence-corrected chi connectivity index (χ4v) is 4.91. The SMILES string of the molecule is COC(=O)N(C1c2ccccc2-c2ccccc21)[C@H](CC(=O)O)Cc1cccs1. The Labute approximate surface area is 173 Å². The van der Waals surface area contributed by atoms with E-state index in [9.17, 15) is 14.7 Å². The second kappa shape index (κ2) is 8.09. The van der Waals surface area contributed by atoms with Crippen LogP contribution >= 0.6 is 11.3 Å². The summed E-state index contributed by atoms with van der Waals surface area (Å²) in [5.41, 5.74) is 4.10. The Balaban J connectivity index is 1.84. The summed E-state index contributed by atoms with van der Waals surface area (Å²) < 4.78 is 5.13. The molecular formula is C23H21NO4S. The van der Waals surface area contributed by atoms with Crippen molar-refractivity contribution in [3.63, 3.8) is 0 Å². The van der Waals surface area contributed by atoms with E-state index in [1.165, 1.54) is 7.11 Å². The van der Waals surface area contributed by atoms with Gasteiger partial charge in [-0.25, -0.2) is 4.79 Å². The Morgan fingerprint density at radius 2 is 1.66 bits per heavy atom. The van der Waals surface area contributed by atoms with Crippen LogP contribution in [-0.4, -0.2) is 35.2 Å². The van der Waals surface area contributed by atoms with Gasteiger partial charge in [0.25, 0.3) is 0 Å². The minimum Gasteiger partial charge on any atom is -0.481 e. The number of carboxylic acid groups (broad SMARTS) is 1. The third-order valence-corrected chi connectivity index (χ3v) is 6.18. The molecule has 1 atom stereocenters. The number of hydrogen-bond donors (Lipinski definition) is 1. The number of benzene rings is 2. The smallest absolute Gasteiger partial charge is 0.410 e. The largest absolute Gasteiger partial charge is 0.481 e. The summed E-state index contributed by atoms with van der Waals surface area (Å²) >= 11 is 1.56. The maximum Gasteiger partial charge on any atom is 0.410 e. The number of carbonyl (C=O) groups is 2. The highest BCUT2D eigenvalue weighted by Gasteiger charge is 2.40. The molecule has 3 aromatic rings. The lowest BCUT2D eigenvalue weighted by molar-refractivity contribution is -0.138. The molecule has 0 radical (unpaired) electrons. The van der Waals surface area contributed by atoms with Crippen LogP contribution in [0.1, 0.15) is 28.5 Å². The zero-order valence-corrected chi connectivity index (χ0v) is 16.8. The van der Waals surface area contributed by atoms with Crippen LogP contribution in [-0.2, 0) is 16.0 Å². The number of hydrogen-bond acceptors (Lipinski definition) is 4. The molecule has 1 aliphatic rings. The Kier molecular flexibility index (Phi) is 5.36. The van der Waals surface area contributed by atoms with E-state index in [1.807, 2.05) is 66.0 Å². The fourth-order valence-electron chi connectivity index (χ4n) is 4.13. The van der Waals surface area contributed by atoms with Crippen LogP contribution < -0.4 is 0 Å². The monoisotopic (exact) mass is 407 g/mol. The number of aliphatic carboxylic acids is 1. The van der Waals surface area contributed by atoms with Gasteiger partial charge in [0.15, 0.2) is 0 Å². The van der Waals surface area contributed by atoms with Crippen molar-refractivity contribution in [1.82, 2.24) is 4.90 Å². The molecule has 0 aliphatic heterocycles. The van der Waals surface area contributed by atoms with E-state index < -0.39 is 18.1 Å². The first-order valence-corrected chi connectivity index (χ1v) is 10.3. The number of rotatable bonds is 6. The van der Waals surface area contributed by atoms with E-state index in [0.29, 0.717) is 6.42 Å². The molecule has 29 heavy (non-hydrogen) atoms. The van der Waals surface area contributed by atoms with E-state index >= 15 is 0 Å². The van der Waals surface area contributed by atoms with Gasteiger partial charge in [-0.2, -0.15) is 0 Å². The molecule has 1 heterocycles. The lowest BCUT2D eigenvalue weighted by atomic mass is 9.98. The van der Waals surface area contributed by atoms with Crippen molar-refractivity contribution in [2.75, 3.05) is 7.11 Å². The van der Waals surface area contributed by atoms with Gasteiger partial charge in [-0.1, -0.05) is 54.6 Å². The first-order valence-electron chi connectivity index (χ1n) is 9.39. The summed E-state index contributed by atoms with van der Waals surface area (Å²) in [6.07, 6.45) is -0.224. The minimum atomic E-state index is -0.944. The molecule has 0 saturated carbocycles. The van der Waals surface area contributed by atoms with Gasteiger partial charge in [-0.3, -0.25) is 9.69 Å². The molecule has 148 valence electrons. The number of ether oxygens (including phenoxy) is 1. The van der Waals surface area contributed by atoms with E-state index in [2.05, 4.69) is 0 Å². The Morgan fingerprint density at radius 3 is 2.17 bits per heavy atom. The Bertz CT molecular complexity index is 985. The highest BCUT2D eigenvalue weighted by Crippen LogP contribution is 2.47. The van der Waals surface area contributed by atoms with Gasteiger partial charge in [-0.15, -0.1) is 11.3 Å². The highest BCUT2D eigenvalue weighted by molar-refractivity contribution is 7.09. The summed E-state index contributed by atoms with van der Waals surface area (Å²) in [4.78, 5) is 27.3. The third kappa shape index (κ3) is 3.63. The number of fused-ring (bicyclic) bond motifs is 3. The Morgan fingerprint density at radius 1 is 1.03 bits per heavy atom. The van der Waals surface area contributed by atoms with Gasteiger partial charge >= 0.3 is 12.1 Å². The fraction of sp³-hybridized carbons (Fsp3) is 0.217. The molecule has 1 aliphatic carbocycles. The van der Waals surface area contributed by atoms with Crippen LogP contribution in [0.2, 0.25) is 0 Å². The van der Waals surface area contributed by atoms with Gasteiger partial charge in [0.05, 0.1) is 25.6 Å². The van der Waals surface area contributed by atoms with Gasteiger partial charge in [0.2, 0.25) is 0 Å². The second-order valence-corrected chi connectivity index (χ2v) is 8.02. The van der Waals surface area contributed by atoms with Crippen LogP contribution in [0.4, 0.5) is 4.79 Å². The lowest BCUT2D eigenvalue weighted by Gasteiger charge is -2.35. The molecule has 1 aromatic heterocycles. The molecular weight excluding hydrogens is 386 g/mol. The summed E-state index contributed by atoms with van der Waals surface area (Å²) in [5.74, 6) is -0.944. The van der Waals surface area contributed by atoms with Crippen molar-refractivity contribution in [1.29, 1.82) is 0 Å². The highest BCUT2D eigenvalue weighted by atomic mass is 32.1. The number of carboxylic acids is 1. The molecule has 4 rings (SSSR count). The summed E-state index contributed by atoms with van der Waals surface area (Å²) in [6, 6.07) is 18.9. The number of carbonyl (C=O) groups excluding carboxylic acids is 1. The molecule has 5 nitrogen and oxygen atoms in total. The lowest BCUT2D eigenvalue weighted by Crippen LogP contribution is -2.45. The Hall–Kier alpha value is -3.12. The van der Waals surface area contributed by atoms with Crippen LogP contribution in [0.3, 0.4) is 0 Å². The van der Waals surface area contributed by atoms with Crippen molar-refractivity contribution in [2.45, 2.75) is 24.9 Å². The number of thiophene rings is 1. The molecule has 1 amide bonds. The zero-order chi connectivity index (χ0) is 20.4. The predicted octanol–water partition coefficient (Wildman–Crippen LogP) is 4.97. The standard InChI is InChI=1S/C23H21NO4S/c1-28-23(27)24(15(14-21(25)26)13-16-7-6-12-29-16)22-19-10-4-2-8-17(19)18-9-3-5-11-20(18)22/h2-12,15,22H,13-14H2,1H3,(H,25,26)/t15-/m0/s1.